The summed E-state index contributed by atoms with van der Waals surface area (Å²) in [6.07, 6.45) is 1.79. The largest absolute Gasteiger partial charge is 0.496 e. The van der Waals surface area contributed by atoms with Crippen LogP contribution in [-0.2, 0) is 4.79 Å². The Kier molecular flexibility index (Phi) is 4.71. The van der Waals surface area contributed by atoms with Gasteiger partial charge in [-0.25, -0.2) is 4.79 Å². The van der Waals surface area contributed by atoms with Gasteiger partial charge < -0.3 is 14.3 Å². The van der Waals surface area contributed by atoms with Crippen molar-refractivity contribution < 1.29 is 19.1 Å². The highest BCUT2D eigenvalue weighted by atomic mass is 16.5. The van der Waals surface area contributed by atoms with Crippen LogP contribution in [0.3, 0.4) is 0 Å². The van der Waals surface area contributed by atoms with Gasteiger partial charge in [-0.3, -0.25) is 4.79 Å². The number of hydrogen-bond donors (Lipinski definition) is 1. The molecule has 98 valence electrons. The Morgan fingerprint density at radius 3 is 2.78 bits per heavy atom. The predicted octanol–water partition coefficient (Wildman–Crippen LogP) is 2.16. The van der Waals surface area contributed by atoms with Crippen LogP contribution in [-0.4, -0.2) is 18.2 Å². The van der Waals surface area contributed by atoms with E-state index in [-0.39, 0.29) is 12.3 Å². The van der Waals surface area contributed by atoms with Crippen LogP contribution in [0.25, 0.3) is 5.57 Å². The van der Waals surface area contributed by atoms with Crippen molar-refractivity contribution in [2.75, 3.05) is 7.11 Å². The molecule has 1 rings (SSSR count). The average molecular weight is 252 g/mol. The lowest BCUT2D eigenvalue weighted by atomic mass is 10.0. The molecule has 0 fully saturated rings. The lowest BCUT2D eigenvalue weighted by Crippen LogP contribution is -2.03. The molecule has 1 heterocycles. The second-order valence-corrected chi connectivity index (χ2v) is 4.11. The summed E-state index contributed by atoms with van der Waals surface area (Å²) in [7, 11) is 1.46. The van der Waals surface area contributed by atoms with Crippen LogP contribution in [0.1, 0.15) is 26.0 Å². The Bertz CT molecular complexity index is 512. The summed E-state index contributed by atoms with van der Waals surface area (Å²) >= 11 is 0. The lowest BCUT2D eigenvalue weighted by molar-refractivity contribution is -0.137. The Morgan fingerprint density at radius 1 is 1.56 bits per heavy atom. The van der Waals surface area contributed by atoms with Crippen LogP contribution in [0.2, 0.25) is 0 Å². The first kappa shape index (κ1) is 14.0. The molecule has 1 aromatic rings. The number of methoxy groups -OCH3 is 1. The molecule has 0 amide bonds. The van der Waals surface area contributed by atoms with Crippen molar-refractivity contribution in [3.8, 4) is 5.75 Å². The van der Waals surface area contributed by atoms with Crippen molar-refractivity contribution in [1.29, 1.82) is 0 Å². The van der Waals surface area contributed by atoms with Crippen LogP contribution in [0.4, 0.5) is 0 Å². The molecule has 0 saturated heterocycles. The zero-order valence-electron chi connectivity index (χ0n) is 10.6. The maximum Gasteiger partial charge on any atom is 0.339 e. The molecule has 0 aliphatic carbocycles. The van der Waals surface area contributed by atoms with Gasteiger partial charge in [0, 0.05) is 6.07 Å². The number of carbonyl (C=O) groups is 1. The van der Waals surface area contributed by atoms with Gasteiger partial charge in [0.2, 0.25) is 0 Å². The number of carboxylic acids is 1. The molecule has 1 atom stereocenters. The third-order valence-electron chi connectivity index (χ3n) is 2.40. The molecular formula is C13H16O5. The third-order valence-corrected chi connectivity index (χ3v) is 2.40. The first-order valence-corrected chi connectivity index (χ1v) is 5.52. The van der Waals surface area contributed by atoms with E-state index in [1.807, 2.05) is 0 Å². The zero-order chi connectivity index (χ0) is 13.7. The van der Waals surface area contributed by atoms with Crippen molar-refractivity contribution in [2.24, 2.45) is 5.92 Å². The predicted molar refractivity (Wildman–Crippen MR) is 66.6 cm³/mol. The summed E-state index contributed by atoms with van der Waals surface area (Å²) in [6, 6.07) is 2.85. The fraction of sp³-hybridized carbons (Fsp3) is 0.385. The second kappa shape index (κ2) is 6.05. The molecular weight excluding hydrogens is 236 g/mol. The number of rotatable bonds is 5. The Labute approximate surface area is 105 Å². The Balaban J connectivity index is 2.99. The van der Waals surface area contributed by atoms with Crippen molar-refractivity contribution in [3.05, 3.63) is 34.4 Å². The topological polar surface area (TPSA) is 76.7 Å². The summed E-state index contributed by atoms with van der Waals surface area (Å²) in [6.45, 7) is 3.55. The van der Waals surface area contributed by atoms with E-state index in [9.17, 15) is 9.59 Å². The summed E-state index contributed by atoms with van der Waals surface area (Å²) in [5.74, 6) is -0.200. The normalized spacial score (nSPS) is 13.2. The molecule has 1 N–H and O–H groups in total. The van der Waals surface area contributed by atoms with E-state index in [4.69, 9.17) is 14.3 Å². The smallest absolute Gasteiger partial charge is 0.339 e. The van der Waals surface area contributed by atoms with Crippen LogP contribution in [0, 0.1) is 5.92 Å². The van der Waals surface area contributed by atoms with E-state index in [2.05, 4.69) is 0 Å². The highest BCUT2D eigenvalue weighted by Crippen LogP contribution is 2.20. The first-order chi connectivity index (χ1) is 8.42. The molecule has 1 aromatic heterocycles. The van der Waals surface area contributed by atoms with Gasteiger partial charge in [-0.2, -0.15) is 0 Å². The molecule has 0 saturated carbocycles. The number of allylic oxidation sites excluding steroid dienone is 2. The summed E-state index contributed by atoms with van der Waals surface area (Å²) in [4.78, 5) is 21.8. The first-order valence-electron chi connectivity index (χ1n) is 5.52. The van der Waals surface area contributed by atoms with E-state index >= 15 is 0 Å². The standard InChI is InChI=1S/C13H16O5/c1-8(5-12(14)15)4-9(2)11-6-10(17-3)7-13(16)18-11/h4,6-8H,5H2,1-3H3,(H,14,15)/b9-4+/t8-/m0/s1. The monoisotopic (exact) mass is 252 g/mol. The molecule has 18 heavy (non-hydrogen) atoms. The molecule has 0 bridgehead atoms. The van der Waals surface area contributed by atoms with E-state index in [1.165, 1.54) is 13.2 Å². The number of aliphatic carboxylic acids is 1. The minimum absolute atomic E-state index is 0.0333. The fourth-order valence-corrected chi connectivity index (χ4v) is 1.61. The minimum atomic E-state index is -0.862. The van der Waals surface area contributed by atoms with Crippen molar-refractivity contribution >= 4 is 11.5 Å². The molecule has 0 aliphatic rings. The van der Waals surface area contributed by atoms with Crippen molar-refractivity contribution in [2.45, 2.75) is 20.3 Å². The quantitative estimate of drug-likeness (QED) is 0.868. The molecule has 5 nitrogen and oxygen atoms in total. The molecule has 0 unspecified atom stereocenters. The average Bonchev–Trinajstić information content (AvgIpc) is 2.26. The molecule has 0 aliphatic heterocycles. The van der Waals surface area contributed by atoms with Gasteiger partial charge in [-0.1, -0.05) is 13.0 Å². The zero-order valence-corrected chi connectivity index (χ0v) is 10.6. The van der Waals surface area contributed by atoms with Gasteiger partial charge in [0.05, 0.1) is 19.6 Å². The highest BCUT2D eigenvalue weighted by molar-refractivity contribution is 5.68. The fourth-order valence-electron chi connectivity index (χ4n) is 1.61. The number of ether oxygens (including phenoxy) is 1. The van der Waals surface area contributed by atoms with Gasteiger partial charge in [0.1, 0.15) is 11.5 Å². The SMILES string of the molecule is COc1cc(/C(C)=C/[C@H](C)CC(=O)O)oc(=O)c1. The van der Waals surface area contributed by atoms with E-state index in [1.54, 1.807) is 26.0 Å². The van der Waals surface area contributed by atoms with Crippen molar-refractivity contribution in [3.63, 3.8) is 0 Å². The summed E-state index contributed by atoms with van der Waals surface area (Å²) < 4.78 is 10.0. The second-order valence-electron chi connectivity index (χ2n) is 4.11. The summed E-state index contributed by atoms with van der Waals surface area (Å²) in [5.41, 5.74) is 0.211. The van der Waals surface area contributed by atoms with Crippen molar-refractivity contribution in [1.82, 2.24) is 0 Å². The number of carboxylic acid groups (broad SMARTS) is 1. The van der Waals surface area contributed by atoms with E-state index < -0.39 is 11.6 Å². The molecule has 0 spiro atoms. The lowest BCUT2D eigenvalue weighted by Gasteiger charge is -2.06. The molecule has 0 aromatic carbocycles. The van der Waals surface area contributed by atoms with Crippen LogP contribution in [0.5, 0.6) is 5.75 Å². The molecule has 5 heteroatoms. The van der Waals surface area contributed by atoms with Gasteiger partial charge in [-0.05, 0) is 18.4 Å². The minimum Gasteiger partial charge on any atom is -0.496 e. The Hall–Kier alpha value is -2.04. The van der Waals surface area contributed by atoms with E-state index in [0.29, 0.717) is 17.1 Å². The van der Waals surface area contributed by atoms with Crippen LogP contribution < -0.4 is 10.4 Å². The molecule has 0 radical (unpaired) electrons. The Morgan fingerprint density at radius 2 is 2.22 bits per heavy atom. The van der Waals surface area contributed by atoms with Crippen LogP contribution >= 0.6 is 0 Å². The number of hydrogen-bond acceptors (Lipinski definition) is 4. The highest BCUT2D eigenvalue weighted by Gasteiger charge is 2.08. The maximum atomic E-state index is 11.3. The van der Waals surface area contributed by atoms with Gasteiger partial charge in [0.15, 0.2) is 0 Å². The van der Waals surface area contributed by atoms with Gasteiger partial charge in [0.25, 0.3) is 0 Å². The maximum absolute atomic E-state index is 11.3. The van der Waals surface area contributed by atoms with E-state index in [0.717, 1.165) is 0 Å². The van der Waals surface area contributed by atoms with Gasteiger partial charge >= 0.3 is 11.6 Å². The van der Waals surface area contributed by atoms with Crippen LogP contribution in [0.15, 0.2) is 27.4 Å². The van der Waals surface area contributed by atoms with Gasteiger partial charge in [-0.15, -0.1) is 0 Å². The third kappa shape index (κ3) is 4.08. The summed E-state index contributed by atoms with van der Waals surface area (Å²) in [5, 5.41) is 8.67.